The maximum atomic E-state index is 14.1. The topological polar surface area (TPSA) is 40.5 Å². The summed E-state index contributed by atoms with van der Waals surface area (Å²) in [6.07, 6.45) is 3.28. The predicted molar refractivity (Wildman–Crippen MR) is 67.1 cm³/mol. The van der Waals surface area contributed by atoms with Gasteiger partial charge in [0.2, 0.25) is 0 Å². The molecule has 1 aromatic rings. The summed E-state index contributed by atoms with van der Waals surface area (Å²) in [6.45, 7) is 1.66. The van der Waals surface area contributed by atoms with Crippen molar-refractivity contribution in [3.63, 3.8) is 0 Å². The van der Waals surface area contributed by atoms with Crippen LogP contribution < -0.4 is 4.90 Å². The normalized spacial score (nSPS) is 16.0. The Labute approximate surface area is 107 Å². The molecular formula is C12H13BrFNO2. The maximum absolute atomic E-state index is 14.1. The van der Waals surface area contributed by atoms with Gasteiger partial charge in [0.15, 0.2) is 5.82 Å². The van der Waals surface area contributed by atoms with Crippen molar-refractivity contribution in [2.75, 3.05) is 18.0 Å². The van der Waals surface area contributed by atoms with Crippen LogP contribution in [0.3, 0.4) is 0 Å². The molecule has 1 saturated heterocycles. The Balaban J connectivity index is 2.36. The Morgan fingerprint density at radius 2 is 1.94 bits per heavy atom. The summed E-state index contributed by atoms with van der Waals surface area (Å²) >= 11 is 3.02. The van der Waals surface area contributed by atoms with Gasteiger partial charge in [-0.2, -0.15) is 0 Å². The second-order valence-electron chi connectivity index (χ2n) is 4.11. The van der Waals surface area contributed by atoms with Gasteiger partial charge in [0, 0.05) is 13.1 Å². The predicted octanol–water partition coefficient (Wildman–Crippen LogP) is 3.28. The number of hydrogen-bond acceptors (Lipinski definition) is 2. The number of hydrogen-bond donors (Lipinski definition) is 1. The maximum Gasteiger partial charge on any atom is 0.336 e. The fourth-order valence-corrected chi connectivity index (χ4v) is 2.59. The Kier molecular flexibility index (Phi) is 3.66. The van der Waals surface area contributed by atoms with Crippen LogP contribution in [0.4, 0.5) is 10.1 Å². The van der Waals surface area contributed by atoms with Gasteiger partial charge in [0.1, 0.15) is 0 Å². The minimum atomic E-state index is -1.12. The fourth-order valence-electron chi connectivity index (χ4n) is 2.08. The number of aromatic carboxylic acids is 1. The van der Waals surface area contributed by atoms with Crippen LogP contribution in [0.25, 0.3) is 0 Å². The van der Waals surface area contributed by atoms with E-state index in [0.29, 0.717) is 5.69 Å². The molecule has 0 saturated carbocycles. The molecule has 92 valence electrons. The van der Waals surface area contributed by atoms with Crippen LogP contribution in [-0.2, 0) is 0 Å². The molecule has 1 aliphatic rings. The first-order valence-corrected chi connectivity index (χ1v) is 6.37. The van der Waals surface area contributed by atoms with Crippen molar-refractivity contribution in [1.82, 2.24) is 0 Å². The molecule has 0 bridgehead atoms. The molecule has 5 heteroatoms. The van der Waals surface area contributed by atoms with E-state index in [4.69, 9.17) is 5.11 Å². The number of carboxylic acids is 1. The number of piperidine rings is 1. The third kappa shape index (κ3) is 2.44. The summed E-state index contributed by atoms with van der Waals surface area (Å²) in [5, 5.41) is 8.88. The molecule has 17 heavy (non-hydrogen) atoms. The van der Waals surface area contributed by atoms with Crippen LogP contribution in [0.5, 0.6) is 0 Å². The van der Waals surface area contributed by atoms with Crippen LogP contribution in [0.15, 0.2) is 16.6 Å². The summed E-state index contributed by atoms with van der Waals surface area (Å²) in [6, 6.07) is 2.99. The van der Waals surface area contributed by atoms with E-state index in [1.54, 1.807) is 6.07 Å². The summed E-state index contributed by atoms with van der Waals surface area (Å²) in [5.41, 5.74) is 0.449. The summed E-state index contributed by atoms with van der Waals surface area (Å²) in [5.74, 6) is -1.60. The highest BCUT2D eigenvalue weighted by Crippen LogP contribution is 2.31. The monoisotopic (exact) mass is 301 g/mol. The van der Waals surface area contributed by atoms with Gasteiger partial charge in [-0.1, -0.05) is 0 Å². The molecule has 0 atom stereocenters. The van der Waals surface area contributed by atoms with Gasteiger partial charge in [-0.15, -0.1) is 0 Å². The molecule has 3 nitrogen and oxygen atoms in total. The van der Waals surface area contributed by atoms with E-state index in [1.165, 1.54) is 12.5 Å². The lowest BCUT2D eigenvalue weighted by molar-refractivity contribution is 0.0695. The first-order valence-electron chi connectivity index (χ1n) is 5.57. The first-order chi connectivity index (χ1) is 8.11. The fraction of sp³-hybridized carbons (Fsp3) is 0.417. The van der Waals surface area contributed by atoms with E-state index in [-0.39, 0.29) is 10.0 Å². The van der Waals surface area contributed by atoms with Crippen molar-refractivity contribution in [3.8, 4) is 0 Å². The number of anilines is 1. The molecule has 0 aromatic heterocycles. The quantitative estimate of drug-likeness (QED) is 0.911. The van der Waals surface area contributed by atoms with Crippen molar-refractivity contribution in [1.29, 1.82) is 0 Å². The number of halogens is 2. The molecule has 0 spiro atoms. The van der Waals surface area contributed by atoms with Crippen LogP contribution in [0, 0.1) is 5.82 Å². The van der Waals surface area contributed by atoms with Crippen molar-refractivity contribution in [2.24, 2.45) is 0 Å². The van der Waals surface area contributed by atoms with Crippen LogP contribution in [0.2, 0.25) is 0 Å². The van der Waals surface area contributed by atoms with Crippen LogP contribution in [0.1, 0.15) is 29.6 Å². The number of carboxylic acid groups (broad SMARTS) is 1. The minimum Gasteiger partial charge on any atom is -0.478 e. The third-order valence-corrected chi connectivity index (χ3v) is 3.76. The SMILES string of the molecule is O=C(O)c1ccc(N2CCCCC2)c(F)c1Br. The van der Waals surface area contributed by atoms with E-state index in [0.717, 1.165) is 25.9 Å². The van der Waals surface area contributed by atoms with Crippen LogP contribution >= 0.6 is 15.9 Å². The summed E-state index contributed by atoms with van der Waals surface area (Å²) in [4.78, 5) is 12.8. The average molecular weight is 302 g/mol. The van der Waals surface area contributed by atoms with E-state index in [1.807, 2.05) is 4.90 Å². The Morgan fingerprint density at radius 3 is 2.53 bits per heavy atom. The average Bonchev–Trinajstić information content (AvgIpc) is 2.33. The second-order valence-corrected chi connectivity index (χ2v) is 4.91. The van der Waals surface area contributed by atoms with E-state index >= 15 is 0 Å². The largest absolute Gasteiger partial charge is 0.478 e. The highest BCUT2D eigenvalue weighted by Gasteiger charge is 2.20. The zero-order valence-corrected chi connectivity index (χ0v) is 10.8. The van der Waals surface area contributed by atoms with Crippen molar-refractivity contribution >= 4 is 27.6 Å². The summed E-state index contributed by atoms with van der Waals surface area (Å²) < 4.78 is 14.1. The number of rotatable bonds is 2. The van der Waals surface area contributed by atoms with Crippen molar-refractivity contribution in [3.05, 3.63) is 28.0 Å². The Bertz CT molecular complexity index is 444. The van der Waals surface area contributed by atoms with Gasteiger partial charge in [-0.05, 0) is 47.3 Å². The Morgan fingerprint density at radius 1 is 1.29 bits per heavy atom. The Hall–Kier alpha value is -1.10. The molecule has 1 N–H and O–H groups in total. The number of benzene rings is 1. The molecule has 0 unspecified atom stereocenters. The minimum absolute atomic E-state index is 0.0353. The van der Waals surface area contributed by atoms with Gasteiger partial charge < -0.3 is 10.0 Å². The molecule has 1 aromatic carbocycles. The standard InChI is InChI=1S/C12H13BrFNO2/c13-10-8(12(16)17)4-5-9(11(10)14)15-6-2-1-3-7-15/h4-5H,1-3,6-7H2,(H,16,17). The van der Waals surface area contributed by atoms with E-state index in [2.05, 4.69) is 15.9 Å². The van der Waals surface area contributed by atoms with Crippen LogP contribution in [-0.4, -0.2) is 24.2 Å². The summed E-state index contributed by atoms with van der Waals surface area (Å²) in [7, 11) is 0. The highest BCUT2D eigenvalue weighted by atomic mass is 79.9. The molecule has 0 radical (unpaired) electrons. The molecule has 0 amide bonds. The van der Waals surface area contributed by atoms with Gasteiger partial charge in [0.25, 0.3) is 0 Å². The lowest BCUT2D eigenvalue weighted by Crippen LogP contribution is -2.30. The third-order valence-electron chi connectivity index (χ3n) is 2.99. The van der Waals surface area contributed by atoms with Gasteiger partial charge in [-0.25, -0.2) is 9.18 Å². The van der Waals surface area contributed by atoms with Gasteiger partial charge in [-0.3, -0.25) is 0 Å². The van der Waals surface area contributed by atoms with E-state index < -0.39 is 11.8 Å². The van der Waals surface area contributed by atoms with E-state index in [9.17, 15) is 9.18 Å². The smallest absolute Gasteiger partial charge is 0.336 e. The highest BCUT2D eigenvalue weighted by molar-refractivity contribution is 9.10. The number of carbonyl (C=O) groups is 1. The molecule has 0 aliphatic carbocycles. The second kappa shape index (κ2) is 5.04. The first kappa shape index (κ1) is 12.4. The molecule has 2 rings (SSSR count). The zero-order chi connectivity index (χ0) is 12.4. The number of nitrogens with zero attached hydrogens (tertiary/aromatic N) is 1. The van der Waals surface area contributed by atoms with Crippen molar-refractivity contribution in [2.45, 2.75) is 19.3 Å². The molecule has 1 aliphatic heterocycles. The molecule has 1 heterocycles. The molecule has 1 fully saturated rings. The molecular weight excluding hydrogens is 289 g/mol. The lowest BCUT2D eigenvalue weighted by Gasteiger charge is -2.29. The van der Waals surface area contributed by atoms with Crippen molar-refractivity contribution < 1.29 is 14.3 Å². The van der Waals surface area contributed by atoms with Gasteiger partial charge in [0.05, 0.1) is 15.7 Å². The van der Waals surface area contributed by atoms with Gasteiger partial charge >= 0.3 is 5.97 Å². The zero-order valence-electron chi connectivity index (χ0n) is 9.25. The lowest BCUT2D eigenvalue weighted by atomic mass is 10.1.